The molecule has 1 aliphatic heterocycles. The van der Waals surface area contributed by atoms with E-state index in [4.69, 9.17) is 4.74 Å². The van der Waals surface area contributed by atoms with Crippen LogP contribution < -0.4 is 10.2 Å². The quantitative estimate of drug-likeness (QED) is 0.790. The van der Waals surface area contributed by atoms with Gasteiger partial charge in [-0.05, 0) is 12.1 Å². The van der Waals surface area contributed by atoms with Crippen molar-refractivity contribution in [3.8, 4) is 0 Å². The third-order valence-electron chi connectivity index (χ3n) is 4.47. The molecule has 0 bridgehead atoms. The number of alkyl halides is 3. The number of morpholine rings is 1. The monoisotopic (exact) mass is 399 g/mol. The van der Waals surface area contributed by atoms with E-state index in [9.17, 15) is 23.1 Å². The molecule has 11 heteroatoms. The Morgan fingerprint density at radius 3 is 2.54 bits per heavy atom. The molecular formula is C17H20F3N5O3. The highest BCUT2D eigenvalue weighted by atomic mass is 19.4. The molecule has 2 aromatic heterocycles. The van der Waals surface area contributed by atoms with Gasteiger partial charge in [0.05, 0.1) is 31.5 Å². The maximum Gasteiger partial charge on any atom is 0.425 e. The van der Waals surface area contributed by atoms with Gasteiger partial charge in [-0.1, -0.05) is 0 Å². The summed E-state index contributed by atoms with van der Waals surface area (Å²) in [5, 5.41) is 12.5. The van der Waals surface area contributed by atoms with Gasteiger partial charge in [0.15, 0.2) is 5.82 Å². The number of pyridine rings is 1. The van der Waals surface area contributed by atoms with Crippen molar-refractivity contribution in [1.29, 1.82) is 0 Å². The molecule has 0 aromatic carbocycles. The number of anilines is 2. The summed E-state index contributed by atoms with van der Waals surface area (Å²) in [6, 6.07) is 3.21. The predicted octanol–water partition coefficient (Wildman–Crippen LogP) is 1.43. The smallest absolute Gasteiger partial charge is 0.378 e. The van der Waals surface area contributed by atoms with Crippen molar-refractivity contribution in [2.75, 3.05) is 36.5 Å². The van der Waals surface area contributed by atoms with Crippen molar-refractivity contribution in [3.05, 3.63) is 36.5 Å². The largest absolute Gasteiger partial charge is 0.425 e. The van der Waals surface area contributed by atoms with Gasteiger partial charge < -0.3 is 24.6 Å². The number of nitrogens with zero attached hydrogens (tertiary/aromatic N) is 4. The topological polar surface area (TPSA) is 92.5 Å². The van der Waals surface area contributed by atoms with E-state index in [1.807, 2.05) is 4.90 Å². The van der Waals surface area contributed by atoms with Gasteiger partial charge >= 0.3 is 6.18 Å². The second-order valence-corrected chi connectivity index (χ2v) is 6.45. The molecule has 1 aliphatic rings. The normalized spacial score (nSPS) is 17.2. The van der Waals surface area contributed by atoms with Crippen LogP contribution >= 0.6 is 0 Å². The number of amides is 1. The van der Waals surface area contributed by atoms with Crippen molar-refractivity contribution in [2.24, 2.45) is 7.05 Å². The lowest BCUT2D eigenvalue weighted by Gasteiger charge is -2.29. The maximum atomic E-state index is 13.5. The molecule has 1 saturated heterocycles. The van der Waals surface area contributed by atoms with E-state index in [0.29, 0.717) is 26.3 Å². The average Bonchev–Trinajstić information content (AvgIpc) is 3.08. The zero-order chi connectivity index (χ0) is 20.4. The molecule has 2 aromatic rings. The van der Waals surface area contributed by atoms with Gasteiger partial charge in [-0.25, -0.2) is 9.97 Å². The highest BCUT2D eigenvalue weighted by Gasteiger charge is 2.58. The molecular weight excluding hydrogens is 379 g/mol. The van der Waals surface area contributed by atoms with Gasteiger partial charge in [0.25, 0.3) is 0 Å². The Hall–Kier alpha value is -2.66. The average molecular weight is 399 g/mol. The summed E-state index contributed by atoms with van der Waals surface area (Å²) in [4.78, 5) is 21.9. The molecule has 28 heavy (non-hydrogen) atoms. The fourth-order valence-electron chi connectivity index (χ4n) is 2.96. The summed E-state index contributed by atoms with van der Waals surface area (Å²) in [5.41, 5.74) is -2.59. The molecule has 3 heterocycles. The van der Waals surface area contributed by atoms with Crippen molar-refractivity contribution < 1.29 is 27.8 Å². The van der Waals surface area contributed by atoms with Crippen LogP contribution in [0.5, 0.6) is 0 Å². The number of hydrogen-bond acceptors (Lipinski definition) is 6. The lowest BCUT2D eigenvalue weighted by atomic mass is 9.97. The predicted molar refractivity (Wildman–Crippen MR) is 93.7 cm³/mol. The number of ether oxygens (including phenoxy) is 1. The second kappa shape index (κ2) is 7.76. The standard InChI is InChI=1S/C17H20F3N5O3/c1-24-5-4-21-15(24)16(27,17(18,19)20)10-14(26)23-13-3-2-12(11-22-13)25-6-8-28-9-7-25/h2-5,11,27H,6-10H2,1H3,(H,22,23,26). The molecule has 0 saturated carbocycles. The minimum atomic E-state index is -5.09. The van der Waals surface area contributed by atoms with E-state index in [1.54, 1.807) is 6.07 Å². The fraction of sp³-hybridized carbons (Fsp3) is 0.471. The number of aromatic nitrogens is 3. The van der Waals surface area contributed by atoms with Crippen molar-refractivity contribution >= 4 is 17.4 Å². The molecule has 8 nitrogen and oxygen atoms in total. The molecule has 1 amide bonds. The molecule has 0 radical (unpaired) electrons. The highest BCUT2D eigenvalue weighted by Crippen LogP contribution is 2.40. The van der Waals surface area contributed by atoms with Gasteiger partial charge in [0.2, 0.25) is 11.5 Å². The second-order valence-electron chi connectivity index (χ2n) is 6.45. The molecule has 1 atom stereocenters. The number of aliphatic hydroxyl groups is 1. The Morgan fingerprint density at radius 1 is 1.29 bits per heavy atom. The highest BCUT2D eigenvalue weighted by molar-refractivity contribution is 5.90. The third kappa shape index (κ3) is 4.09. The van der Waals surface area contributed by atoms with Crippen molar-refractivity contribution in [3.63, 3.8) is 0 Å². The van der Waals surface area contributed by atoms with E-state index in [-0.39, 0.29) is 5.82 Å². The van der Waals surface area contributed by atoms with E-state index in [0.717, 1.165) is 16.5 Å². The first-order chi connectivity index (χ1) is 13.2. The molecule has 2 N–H and O–H groups in total. The summed E-state index contributed by atoms with van der Waals surface area (Å²) in [5.74, 6) is -1.61. The molecule has 1 unspecified atom stereocenters. The first kappa shape index (κ1) is 20.1. The van der Waals surface area contributed by atoms with Crippen LogP contribution in [0.25, 0.3) is 0 Å². The van der Waals surface area contributed by atoms with Gasteiger partial charge in [-0.3, -0.25) is 4.79 Å². The van der Waals surface area contributed by atoms with E-state index in [1.165, 1.54) is 25.5 Å². The van der Waals surface area contributed by atoms with Crippen LogP contribution in [0.15, 0.2) is 30.7 Å². The van der Waals surface area contributed by atoms with Gasteiger partial charge in [-0.15, -0.1) is 0 Å². The molecule has 1 fully saturated rings. The summed E-state index contributed by atoms with van der Waals surface area (Å²) in [6.45, 7) is 2.61. The van der Waals surface area contributed by atoms with Crippen LogP contribution in [0.2, 0.25) is 0 Å². The third-order valence-corrected chi connectivity index (χ3v) is 4.47. The van der Waals surface area contributed by atoms with Crippen LogP contribution in [0.4, 0.5) is 24.7 Å². The summed E-state index contributed by atoms with van der Waals surface area (Å²) in [7, 11) is 1.31. The van der Waals surface area contributed by atoms with Crippen LogP contribution in [0.1, 0.15) is 12.2 Å². The Kier molecular flexibility index (Phi) is 5.57. The number of rotatable bonds is 5. The molecule has 0 spiro atoms. The van der Waals surface area contributed by atoms with Crippen LogP contribution in [0, 0.1) is 0 Å². The number of imidazole rings is 1. The number of aryl methyl sites for hydroxylation is 1. The number of halogens is 3. The lowest BCUT2D eigenvalue weighted by Crippen LogP contribution is -2.46. The maximum absolute atomic E-state index is 13.5. The summed E-state index contributed by atoms with van der Waals surface area (Å²) in [6.07, 6.45) is -2.42. The summed E-state index contributed by atoms with van der Waals surface area (Å²) < 4.78 is 46.8. The van der Waals surface area contributed by atoms with Gasteiger partial charge in [0, 0.05) is 32.5 Å². The first-order valence-electron chi connectivity index (χ1n) is 8.56. The van der Waals surface area contributed by atoms with E-state index < -0.39 is 29.9 Å². The number of carbonyl (C=O) groups is 1. The Bertz CT molecular complexity index is 818. The Balaban J connectivity index is 1.70. The zero-order valence-electron chi connectivity index (χ0n) is 15.1. The van der Waals surface area contributed by atoms with Gasteiger partial charge in [0.1, 0.15) is 5.82 Å². The number of carbonyl (C=O) groups excluding carboxylic acids is 1. The van der Waals surface area contributed by atoms with Crippen molar-refractivity contribution in [2.45, 2.75) is 18.2 Å². The minimum absolute atomic E-state index is 0.0892. The Labute approximate surface area is 159 Å². The first-order valence-corrected chi connectivity index (χ1v) is 8.56. The lowest BCUT2D eigenvalue weighted by molar-refractivity contribution is -0.270. The van der Waals surface area contributed by atoms with Gasteiger partial charge in [-0.2, -0.15) is 13.2 Å². The molecule has 152 valence electrons. The zero-order valence-corrected chi connectivity index (χ0v) is 15.1. The minimum Gasteiger partial charge on any atom is -0.378 e. The molecule has 3 rings (SSSR count). The number of nitrogens with one attached hydrogen (secondary N) is 1. The van der Waals surface area contributed by atoms with E-state index in [2.05, 4.69) is 15.3 Å². The van der Waals surface area contributed by atoms with Crippen molar-refractivity contribution in [1.82, 2.24) is 14.5 Å². The molecule has 0 aliphatic carbocycles. The van der Waals surface area contributed by atoms with E-state index >= 15 is 0 Å². The summed E-state index contributed by atoms with van der Waals surface area (Å²) >= 11 is 0. The van der Waals surface area contributed by atoms with Crippen LogP contribution in [0.3, 0.4) is 0 Å². The van der Waals surface area contributed by atoms with Crippen LogP contribution in [-0.4, -0.2) is 58.0 Å². The number of hydrogen-bond donors (Lipinski definition) is 2. The Morgan fingerprint density at radius 2 is 2.00 bits per heavy atom. The fourth-order valence-corrected chi connectivity index (χ4v) is 2.96. The SMILES string of the molecule is Cn1ccnc1C(O)(CC(=O)Nc1ccc(N2CCOCC2)cn1)C(F)(F)F. The van der Waals surface area contributed by atoms with Crippen LogP contribution in [-0.2, 0) is 22.2 Å².